The van der Waals surface area contributed by atoms with Crippen molar-refractivity contribution >= 4 is 5.97 Å². The number of rotatable bonds is 6. The molecule has 6 nitrogen and oxygen atoms in total. The molecule has 0 radical (unpaired) electrons. The lowest BCUT2D eigenvalue weighted by Gasteiger charge is -2.09. The highest BCUT2D eigenvalue weighted by Gasteiger charge is 2.19. The van der Waals surface area contributed by atoms with E-state index in [-0.39, 0.29) is 11.4 Å². The van der Waals surface area contributed by atoms with Crippen LogP contribution in [0.3, 0.4) is 0 Å². The molecule has 0 unspecified atom stereocenters. The van der Waals surface area contributed by atoms with Gasteiger partial charge in [-0.05, 0) is 25.1 Å². The largest absolute Gasteiger partial charge is 0.477 e. The van der Waals surface area contributed by atoms with Crippen LogP contribution in [0.5, 0.6) is 5.88 Å². The highest BCUT2D eigenvalue weighted by atomic mass is 16.5. The fraction of sp³-hybridized carbons (Fsp3) is 0.231. The van der Waals surface area contributed by atoms with Gasteiger partial charge < -0.3 is 15.6 Å². The number of benzene rings is 1. The molecule has 6 heteroatoms. The summed E-state index contributed by atoms with van der Waals surface area (Å²) in [7, 11) is 0. The Hall–Kier alpha value is -2.34. The average Bonchev–Trinajstić information content (AvgIpc) is 2.84. The second kappa shape index (κ2) is 6.01. The van der Waals surface area contributed by atoms with Crippen molar-refractivity contribution in [2.45, 2.75) is 6.42 Å². The third-order valence-electron chi connectivity index (χ3n) is 2.54. The quantitative estimate of drug-likeness (QED) is 0.765. The minimum absolute atomic E-state index is 0.0425. The first kappa shape index (κ1) is 13.1. The number of aromatic carboxylic acids is 1. The van der Waals surface area contributed by atoms with Crippen molar-refractivity contribution in [1.29, 1.82) is 0 Å². The Morgan fingerprint density at radius 1 is 1.37 bits per heavy atom. The summed E-state index contributed by atoms with van der Waals surface area (Å²) in [6.45, 7) is 0.844. The SMILES string of the molecule is NCCCOc1c(C(=O)O)cnn1-c1ccccc1. The third kappa shape index (κ3) is 2.92. The molecule has 19 heavy (non-hydrogen) atoms. The van der Waals surface area contributed by atoms with E-state index in [1.807, 2.05) is 30.3 Å². The maximum Gasteiger partial charge on any atom is 0.342 e. The molecule has 0 bridgehead atoms. The van der Waals surface area contributed by atoms with Crippen molar-refractivity contribution < 1.29 is 14.6 Å². The van der Waals surface area contributed by atoms with E-state index in [0.29, 0.717) is 19.6 Å². The van der Waals surface area contributed by atoms with Gasteiger partial charge in [-0.15, -0.1) is 0 Å². The summed E-state index contributed by atoms with van der Waals surface area (Å²) in [5.74, 6) is -0.836. The van der Waals surface area contributed by atoms with E-state index in [0.717, 1.165) is 5.69 Å². The summed E-state index contributed by atoms with van der Waals surface area (Å²) < 4.78 is 6.98. The lowest BCUT2D eigenvalue weighted by molar-refractivity contribution is 0.0692. The molecule has 100 valence electrons. The van der Waals surface area contributed by atoms with Gasteiger partial charge in [0.2, 0.25) is 5.88 Å². The molecule has 0 aliphatic heterocycles. The van der Waals surface area contributed by atoms with E-state index < -0.39 is 5.97 Å². The molecule has 0 atom stereocenters. The van der Waals surface area contributed by atoms with E-state index in [9.17, 15) is 4.79 Å². The van der Waals surface area contributed by atoms with Crippen LogP contribution in [0.25, 0.3) is 5.69 Å². The Kier molecular flexibility index (Phi) is 4.15. The van der Waals surface area contributed by atoms with Crippen LogP contribution in [0.2, 0.25) is 0 Å². The van der Waals surface area contributed by atoms with Crippen LogP contribution in [0.1, 0.15) is 16.8 Å². The predicted molar refractivity (Wildman–Crippen MR) is 69.7 cm³/mol. The maximum absolute atomic E-state index is 11.1. The standard InChI is InChI=1S/C13H15N3O3/c14-7-4-8-19-12-11(13(17)18)9-15-16(12)10-5-2-1-3-6-10/h1-3,5-6,9H,4,7-8,14H2,(H,17,18). The Morgan fingerprint density at radius 3 is 2.74 bits per heavy atom. The van der Waals surface area contributed by atoms with Crippen molar-refractivity contribution in [1.82, 2.24) is 9.78 Å². The molecular formula is C13H15N3O3. The van der Waals surface area contributed by atoms with Gasteiger partial charge in [-0.3, -0.25) is 0 Å². The van der Waals surface area contributed by atoms with E-state index in [4.69, 9.17) is 15.6 Å². The topological polar surface area (TPSA) is 90.4 Å². The molecule has 0 aliphatic carbocycles. The number of carboxylic acids is 1. The summed E-state index contributed by atoms with van der Waals surface area (Å²) in [5, 5.41) is 13.2. The zero-order chi connectivity index (χ0) is 13.7. The van der Waals surface area contributed by atoms with Crippen molar-refractivity contribution in [3.63, 3.8) is 0 Å². The zero-order valence-corrected chi connectivity index (χ0v) is 10.3. The van der Waals surface area contributed by atoms with Crippen LogP contribution in [0, 0.1) is 0 Å². The van der Waals surface area contributed by atoms with Gasteiger partial charge in [0.05, 0.1) is 18.5 Å². The summed E-state index contributed by atoms with van der Waals surface area (Å²) in [4.78, 5) is 11.1. The number of nitrogens with zero attached hydrogens (tertiary/aromatic N) is 2. The van der Waals surface area contributed by atoms with Gasteiger partial charge in [0.25, 0.3) is 0 Å². The van der Waals surface area contributed by atoms with Gasteiger partial charge in [0, 0.05) is 0 Å². The summed E-state index contributed by atoms with van der Waals surface area (Å²) in [5.41, 5.74) is 6.19. The molecule has 0 aliphatic rings. The molecule has 1 heterocycles. The van der Waals surface area contributed by atoms with Gasteiger partial charge in [-0.25, -0.2) is 9.48 Å². The molecule has 0 saturated carbocycles. The highest BCUT2D eigenvalue weighted by Crippen LogP contribution is 2.22. The van der Waals surface area contributed by atoms with Gasteiger partial charge in [0.1, 0.15) is 5.56 Å². The monoisotopic (exact) mass is 261 g/mol. The summed E-state index contributed by atoms with van der Waals surface area (Å²) in [6, 6.07) is 9.23. The number of nitrogens with two attached hydrogens (primary N) is 1. The van der Waals surface area contributed by atoms with Gasteiger partial charge >= 0.3 is 5.97 Å². The summed E-state index contributed by atoms with van der Waals surface area (Å²) in [6.07, 6.45) is 1.94. The minimum atomic E-state index is -1.06. The second-order valence-corrected chi connectivity index (χ2v) is 3.91. The van der Waals surface area contributed by atoms with Crippen LogP contribution < -0.4 is 10.5 Å². The first-order chi connectivity index (χ1) is 9.24. The Labute approximate surface area is 110 Å². The van der Waals surface area contributed by atoms with Gasteiger partial charge in [0.15, 0.2) is 0 Å². The molecule has 2 aromatic rings. The van der Waals surface area contributed by atoms with Crippen molar-refractivity contribution in [2.75, 3.05) is 13.2 Å². The Bertz CT molecular complexity index is 552. The lowest BCUT2D eigenvalue weighted by Crippen LogP contribution is -2.11. The van der Waals surface area contributed by atoms with Crippen molar-refractivity contribution in [3.8, 4) is 11.6 Å². The minimum Gasteiger partial charge on any atom is -0.477 e. The van der Waals surface area contributed by atoms with E-state index in [2.05, 4.69) is 5.10 Å². The van der Waals surface area contributed by atoms with E-state index in [1.54, 1.807) is 0 Å². The Morgan fingerprint density at radius 2 is 2.11 bits per heavy atom. The fourth-order valence-corrected chi connectivity index (χ4v) is 1.63. The number of hydrogen-bond donors (Lipinski definition) is 2. The number of carbonyl (C=O) groups is 1. The Balaban J connectivity index is 2.35. The molecule has 0 fully saturated rings. The summed E-state index contributed by atoms with van der Waals surface area (Å²) >= 11 is 0. The zero-order valence-electron chi connectivity index (χ0n) is 10.3. The second-order valence-electron chi connectivity index (χ2n) is 3.91. The number of aromatic nitrogens is 2. The van der Waals surface area contributed by atoms with Crippen LogP contribution in [0.4, 0.5) is 0 Å². The first-order valence-electron chi connectivity index (χ1n) is 5.93. The van der Waals surface area contributed by atoms with E-state index in [1.165, 1.54) is 10.9 Å². The number of para-hydroxylation sites is 1. The first-order valence-corrected chi connectivity index (χ1v) is 5.93. The van der Waals surface area contributed by atoms with Gasteiger partial charge in [-0.1, -0.05) is 18.2 Å². The molecule has 0 saturated heterocycles. The molecule has 3 N–H and O–H groups in total. The number of ether oxygens (including phenoxy) is 1. The van der Waals surface area contributed by atoms with Crippen LogP contribution in [-0.2, 0) is 0 Å². The normalized spacial score (nSPS) is 10.4. The van der Waals surface area contributed by atoms with Crippen LogP contribution in [-0.4, -0.2) is 34.0 Å². The van der Waals surface area contributed by atoms with Crippen molar-refractivity contribution in [3.05, 3.63) is 42.1 Å². The molecule has 0 spiro atoms. The molecule has 2 rings (SSSR count). The lowest BCUT2D eigenvalue weighted by atomic mass is 10.3. The molecule has 0 amide bonds. The van der Waals surface area contributed by atoms with Crippen LogP contribution >= 0.6 is 0 Å². The molecule has 1 aromatic carbocycles. The fourth-order valence-electron chi connectivity index (χ4n) is 1.63. The average molecular weight is 261 g/mol. The number of hydrogen-bond acceptors (Lipinski definition) is 4. The number of carboxylic acid groups (broad SMARTS) is 1. The van der Waals surface area contributed by atoms with Crippen molar-refractivity contribution in [2.24, 2.45) is 5.73 Å². The molecular weight excluding hydrogens is 246 g/mol. The van der Waals surface area contributed by atoms with Gasteiger partial charge in [-0.2, -0.15) is 5.10 Å². The van der Waals surface area contributed by atoms with E-state index >= 15 is 0 Å². The highest BCUT2D eigenvalue weighted by molar-refractivity contribution is 5.90. The smallest absolute Gasteiger partial charge is 0.342 e. The predicted octanol–water partition coefficient (Wildman–Crippen LogP) is 1.30. The van der Waals surface area contributed by atoms with Crippen LogP contribution in [0.15, 0.2) is 36.5 Å². The maximum atomic E-state index is 11.1. The third-order valence-corrected chi connectivity index (χ3v) is 2.54. The molecule has 1 aromatic heterocycles.